The van der Waals surface area contributed by atoms with Gasteiger partial charge < -0.3 is 0 Å². The zero-order chi connectivity index (χ0) is 8.81. The number of hydrogen-bond acceptors (Lipinski definition) is 4. The van der Waals surface area contributed by atoms with Gasteiger partial charge in [-0.15, -0.1) is 11.5 Å². The van der Waals surface area contributed by atoms with Gasteiger partial charge in [0.25, 0.3) is 0 Å². The Morgan fingerprint density at radius 1 is 1.75 bits per heavy atom. The fourth-order valence-corrected chi connectivity index (χ4v) is 1.33. The van der Waals surface area contributed by atoms with E-state index in [0.717, 1.165) is 18.8 Å². The van der Waals surface area contributed by atoms with E-state index in [1.54, 1.807) is 0 Å². The third-order valence-corrected chi connectivity index (χ3v) is 2.11. The fourth-order valence-electron chi connectivity index (χ4n) is 0.891. The third kappa shape index (κ3) is 2.61. The normalized spacial score (nSPS) is 10.1. The molecule has 0 atom stereocenters. The monoisotopic (exact) mass is 181 g/mol. The van der Waals surface area contributed by atoms with Crippen LogP contribution in [0.4, 0.5) is 0 Å². The number of rotatable bonds is 4. The fraction of sp³-hybridized carbons (Fsp3) is 0.500. The van der Waals surface area contributed by atoms with Crippen molar-refractivity contribution >= 4 is 11.5 Å². The lowest BCUT2D eigenvalue weighted by Crippen LogP contribution is -2.23. The smallest absolute Gasteiger partial charge is 0.0895 e. The summed E-state index contributed by atoms with van der Waals surface area (Å²) < 4.78 is 3.78. The summed E-state index contributed by atoms with van der Waals surface area (Å²) in [6.07, 6.45) is 5.21. The van der Waals surface area contributed by atoms with Gasteiger partial charge in [-0.2, -0.15) is 0 Å². The van der Waals surface area contributed by atoms with Gasteiger partial charge in [0, 0.05) is 11.9 Å². The Balaban J connectivity index is 2.44. The highest BCUT2D eigenvalue weighted by atomic mass is 32.1. The summed E-state index contributed by atoms with van der Waals surface area (Å²) in [5.74, 6) is 2.61. The van der Waals surface area contributed by atoms with Crippen molar-refractivity contribution in [2.75, 3.05) is 13.1 Å². The van der Waals surface area contributed by atoms with Crippen LogP contribution >= 0.6 is 11.5 Å². The second-order valence-corrected chi connectivity index (χ2v) is 3.01. The van der Waals surface area contributed by atoms with Gasteiger partial charge in [-0.25, -0.2) is 0 Å². The molecule has 3 nitrogen and oxygen atoms in total. The summed E-state index contributed by atoms with van der Waals surface area (Å²) in [4.78, 5) is 2.14. The van der Waals surface area contributed by atoms with E-state index in [4.69, 9.17) is 6.42 Å². The van der Waals surface area contributed by atoms with Crippen LogP contribution in [0.1, 0.15) is 12.6 Å². The molecule has 0 aliphatic rings. The van der Waals surface area contributed by atoms with Crippen molar-refractivity contribution in [2.45, 2.75) is 13.5 Å². The number of nitrogens with zero attached hydrogens (tertiary/aromatic N) is 3. The van der Waals surface area contributed by atoms with Crippen LogP contribution < -0.4 is 0 Å². The van der Waals surface area contributed by atoms with Crippen molar-refractivity contribution in [3.8, 4) is 12.3 Å². The maximum atomic E-state index is 5.21. The molecule has 0 aliphatic heterocycles. The minimum Gasteiger partial charge on any atom is -0.287 e. The molecule has 0 radical (unpaired) electrons. The van der Waals surface area contributed by atoms with Crippen molar-refractivity contribution in [1.29, 1.82) is 0 Å². The maximum Gasteiger partial charge on any atom is 0.0895 e. The summed E-state index contributed by atoms with van der Waals surface area (Å²) in [6.45, 7) is 4.50. The Labute approximate surface area is 76.6 Å². The molecule has 0 unspecified atom stereocenters. The first kappa shape index (κ1) is 9.17. The number of terminal acetylenes is 1. The molecule has 0 bridgehead atoms. The highest BCUT2D eigenvalue weighted by molar-refractivity contribution is 7.03. The lowest BCUT2D eigenvalue weighted by Gasteiger charge is -2.14. The predicted molar refractivity (Wildman–Crippen MR) is 49.7 cm³/mol. The molecule has 0 aliphatic carbocycles. The third-order valence-electron chi connectivity index (χ3n) is 1.55. The van der Waals surface area contributed by atoms with Crippen molar-refractivity contribution in [1.82, 2.24) is 14.5 Å². The molecule has 1 rings (SSSR count). The molecule has 64 valence electrons. The number of aromatic nitrogens is 2. The van der Waals surface area contributed by atoms with Crippen molar-refractivity contribution in [2.24, 2.45) is 0 Å². The Morgan fingerprint density at radius 3 is 3.08 bits per heavy atom. The molecule has 0 saturated carbocycles. The van der Waals surface area contributed by atoms with Gasteiger partial charge in [0.1, 0.15) is 0 Å². The van der Waals surface area contributed by atoms with Crippen molar-refractivity contribution < 1.29 is 0 Å². The van der Waals surface area contributed by atoms with E-state index >= 15 is 0 Å². The Bertz CT molecular complexity index is 250. The zero-order valence-corrected chi connectivity index (χ0v) is 7.84. The first-order valence-electron chi connectivity index (χ1n) is 3.78. The Kier molecular flexibility index (Phi) is 3.71. The topological polar surface area (TPSA) is 29.0 Å². The van der Waals surface area contributed by atoms with E-state index in [2.05, 4.69) is 27.3 Å². The van der Waals surface area contributed by atoms with Crippen LogP contribution in [0.3, 0.4) is 0 Å². The average Bonchev–Trinajstić information content (AvgIpc) is 2.56. The minimum atomic E-state index is 0.675. The van der Waals surface area contributed by atoms with E-state index < -0.39 is 0 Å². The molecule has 0 fully saturated rings. The van der Waals surface area contributed by atoms with Gasteiger partial charge in [0.05, 0.1) is 12.2 Å². The summed E-state index contributed by atoms with van der Waals surface area (Å²) in [5.41, 5.74) is 0.997. The molecule has 0 aromatic carbocycles. The van der Waals surface area contributed by atoms with Gasteiger partial charge in [0.15, 0.2) is 0 Å². The Hall–Kier alpha value is -0.920. The molecule has 1 aromatic rings. The lowest BCUT2D eigenvalue weighted by atomic mass is 10.4. The maximum absolute atomic E-state index is 5.21. The Morgan fingerprint density at radius 2 is 2.58 bits per heavy atom. The SMILES string of the molecule is C#CCN(CC)Cc1csnn1. The van der Waals surface area contributed by atoms with Crippen LogP contribution in [0.25, 0.3) is 0 Å². The van der Waals surface area contributed by atoms with Crippen LogP contribution in [0, 0.1) is 12.3 Å². The standard InChI is InChI=1S/C8H11N3S/c1-3-5-11(4-2)6-8-7-12-10-9-8/h1,7H,4-6H2,2H3. The van der Waals surface area contributed by atoms with Crippen LogP contribution in [0.15, 0.2) is 5.38 Å². The quantitative estimate of drug-likeness (QED) is 0.649. The molecule has 12 heavy (non-hydrogen) atoms. The molecule has 1 aromatic heterocycles. The van der Waals surface area contributed by atoms with Gasteiger partial charge >= 0.3 is 0 Å². The predicted octanol–water partition coefficient (Wildman–Crippen LogP) is 0.993. The average molecular weight is 181 g/mol. The van der Waals surface area contributed by atoms with Crippen LogP contribution in [-0.4, -0.2) is 27.6 Å². The van der Waals surface area contributed by atoms with Crippen molar-refractivity contribution in [3.05, 3.63) is 11.1 Å². The molecule has 4 heteroatoms. The van der Waals surface area contributed by atoms with Crippen LogP contribution in [0.5, 0.6) is 0 Å². The van der Waals surface area contributed by atoms with Gasteiger partial charge in [-0.05, 0) is 18.1 Å². The molecular weight excluding hydrogens is 170 g/mol. The molecule has 0 saturated heterocycles. The van der Waals surface area contributed by atoms with Gasteiger partial charge in [-0.3, -0.25) is 4.90 Å². The molecule has 0 N–H and O–H groups in total. The lowest BCUT2D eigenvalue weighted by molar-refractivity contribution is 0.312. The number of hydrogen-bond donors (Lipinski definition) is 0. The molecule has 1 heterocycles. The molecular formula is C8H11N3S. The first-order valence-corrected chi connectivity index (χ1v) is 4.62. The summed E-state index contributed by atoms with van der Waals surface area (Å²) in [5, 5.41) is 5.89. The largest absolute Gasteiger partial charge is 0.287 e. The minimum absolute atomic E-state index is 0.675. The molecule has 0 amide bonds. The van der Waals surface area contributed by atoms with Gasteiger partial charge in [0.2, 0.25) is 0 Å². The van der Waals surface area contributed by atoms with Crippen molar-refractivity contribution in [3.63, 3.8) is 0 Å². The summed E-state index contributed by atoms with van der Waals surface area (Å²) >= 11 is 1.37. The summed E-state index contributed by atoms with van der Waals surface area (Å²) in [6, 6.07) is 0. The highest BCUT2D eigenvalue weighted by Crippen LogP contribution is 2.01. The van der Waals surface area contributed by atoms with E-state index in [0.29, 0.717) is 6.54 Å². The van der Waals surface area contributed by atoms with E-state index in [1.807, 2.05) is 5.38 Å². The van der Waals surface area contributed by atoms with E-state index in [1.165, 1.54) is 11.5 Å². The molecule has 0 spiro atoms. The van der Waals surface area contributed by atoms with E-state index in [-0.39, 0.29) is 0 Å². The first-order chi connectivity index (χ1) is 5.86. The van der Waals surface area contributed by atoms with Crippen LogP contribution in [-0.2, 0) is 6.54 Å². The summed E-state index contributed by atoms with van der Waals surface area (Å²) in [7, 11) is 0. The zero-order valence-electron chi connectivity index (χ0n) is 7.03. The second kappa shape index (κ2) is 4.86. The van der Waals surface area contributed by atoms with Crippen LogP contribution in [0.2, 0.25) is 0 Å². The second-order valence-electron chi connectivity index (χ2n) is 2.40. The van der Waals surface area contributed by atoms with E-state index in [9.17, 15) is 0 Å². The van der Waals surface area contributed by atoms with Gasteiger partial charge in [-0.1, -0.05) is 17.3 Å². The highest BCUT2D eigenvalue weighted by Gasteiger charge is 2.03.